The van der Waals surface area contributed by atoms with Gasteiger partial charge in [0.1, 0.15) is 4.32 Å². The first-order chi connectivity index (χ1) is 13.4. The molecule has 28 heavy (non-hydrogen) atoms. The topological polar surface area (TPSA) is 49.4 Å². The molecule has 1 N–H and O–H groups in total. The molecule has 0 spiro atoms. The van der Waals surface area contributed by atoms with Crippen molar-refractivity contribution in [2.75, 3.05) is 11.9 Å². The Bertz CT molecular complexity index is 947. The SMILES string of the molecule is O=C(CCCN1C(=O)C(=Cc2ccccc2Cl)SC1=S)Nc1ccc(I)cc1. The van der Waals surface area contributed by atoms with Crippen LogP contribution in [0.2, 0.25) is 5.02 Å². The smallest absolute Gasteiger partial charge is 0.266 e. The number of carbonyl (C=O) groups excluding carboxylic acids is 2. The number of amides is 2. The molecular weight excluding hydrogens is 527 g/mol. The van der Waals surface area contributed by atoms with Crippen molar-refractivity contribution in [1.82, 2.24) is 4.90 Å². The van der Waals surface area contributed by atoms with Gasteiger partial charge >= 0.3 is 0 Å². The highest BCUT2D eigenvalue weighted by molar-refractivity contribution is 14.1. The van der Waals surface area contributed by atoms with E-state index in [1.165, 1.54) is 11.8 Å². The lowest BCUT2D eigenvalue weighted by atomic mass is 10.2. The zero-order valence-electron chi connectivity index (χ0n) is 14.7. The number of anilines is 1. The van der Waals surface area contributed by atoms with E-state index >= 15 is 0 Å². The molecule has 2 amide bonds. The van der Waals surface area contributed by atoms with Crippen molar-refractivity contribution < 1.29 is 9.59 Å². The predicted octanol–water partition coefficient (Wildman–Crippen LogP) is 5.56. The maximum atomic E-state index is 12.6. The molecule has 0 atom stereocenters. The summed E-state index contributed by atoms with van der Waals surface area (Å²) in [6, 6.07) is 14.9. The van der Waals surface area contributed by atoms with Crippen molar-refractivity contribution in [2.24, 2.45) is 0 Å². The lowest BCUT2D eigenvalue weighted by molar-refractivity contribution is -0.122. The summed E-state index contributed by atoms with van der Waals surface area (Å²) in [5.41, 5.74) is 1.54. The number of thiocarbonyl (C=S) groups is 1. The van der Waals surface area contributed by atoms with Crippen molar-refractivity contribution in [3.05, 3.63) is 67.6 Å². The summed E-state index contributed by atoms with van der Waals surface area (Å²) in [6.45, 7) is 0.407. The summed E-state index contributed by atoms with van der Waals surface area (Å²) < 4.78 is 1.61. The second-order valence-electron chi connectivity index (χ2n) is 6.01. The zero-order chi connectivity index (χ0) is 20.1. The van der Waals surface area contributed by atoms with Gasteiger partial charge < -0.3 is 5.32 Å². The minimum atomic E-state index is -0.145. The molecule has 144 valence electrons. The van der Waals surface area contributed by atoms with Gasteiger partial charge in [-0.2, -0.15) is 0 Å². The second kappa shape index (κ2) is 9.87. The number of nitrogens with one attached hydrogen (secondary N) is 1. The van der Waals surface area contributed by atoms with Crippen LogP contribution in [0.1, 0.15) is 18.4 Å². The first kappa shape index (κ1) is 21.3. The summed E-state index contributed by atoms with van der Waals surface area (Å²) in [5, 5.41) is 3.44. The fourth-order valence-electron chi connectivity index (χ4n) is 2.58. The third kappa shape index (κ3) is 5.56. The quantitative estimate of drug-likeness (QED) is 0.295. The highest BCUT2D eigenvalue weighted by Crippen LogP contribution is 2.33. The van der Waals surface area contributed by atoms with Gasteiger partial charge in [0.25, 0.3) is 5.91 Å². The predicted molar refractivity (Wildman–Crippen MR) is 128 cm³/mol. The molecule has 0 saturated carbocycles. The summed E-state index contributed by atoms with van der Waals surface area (Å²) in [5.74, 6) is -0.230. The van der Waals surface area contributed by atoms with Crippen molar-refractivity contribution in [2.45, 2.75) is 12.8 Å². The van der Waals surface area contributed by atoms with Gasteiger partial charge in [-0.1, -0.05) is 53.8 Å². The van der Waals surface area contributed by atoms with Crippen molar-refractivity contribution in [3.63, 3.8) is 0 Å². The van der Waals surface area contributed by atoms with Gasteiger partial charge in [0, 0.05) is 27.2 Å². The highest BCUT2D eigenvalue weighted by atomic mass is 127. The summed E-state index contributed by atoms with van der Waals surface area (Å²) >= 11 is 15.0. The average molecular weight is 543 g/mol. The molecule has 0 radical (unpaired) electrons. The minimum absolute atomic E-state index is 0.0849. The molecule has 2 aromatic rings. The summed E-state index contributed by atoms with van der Waals surface area (Å²) in [7, 11) is 0. The third-order valence-corrected chi connectivity index (χ3v) is 6.42. The second-order valence-corrected chi connectivity index (χ2v) is 9.34. The van der Waals surface area contributed by atoms with Crippen LogP contribution in [0.3, 0.4) is 0 Å². The lowest BCUT2D eigenvalue weighted by Gasteiger charge is -2.14. The Morgan fingerprint density at radius 1 is 1.21 bits per heavy atom. The first-order valence-corrected chi connectivity index (χ1v) is 11.2. The number of thioether (sulfide) groups is 1. The zero-order valence-corrected chi connectivity index (χ0v) is 19.2. The number of benzene rings is 2. The Hall–Kier alpha value is -1.42. The molecule has 4 nitrogen and oxygen atoms in total. The van der Waals surface area contributed by atoms with E-state index in [1.54, 1.807) is 17.0 Å². The Morgan fingerprint density at radius 3 is 2.64 bits per heavy atom. The van der Waals surface area contributed by atoms with Gasteiger partial charge in [-0.15, -0.1) is 0 Å². The van der Waals surface area contributed by atoms with Gasteiger partial charge in [0.2, 0.25) is 5.91 Å². The van der Waals surface area contributed by atoms with E-state index < -0.39 is 0 Å². The van der Waals surface area contributed by atoms with E-state index in [0.717, 1.165) is 14.8 Å². The molecule has 1 fully saturated rings. The van der Waals surface area contributed by atoms with E-state index in [0.29, 0.717) is 33.6 Å². The number of nitrogens with zero attached hydrogens (tertiary/aromatic N) is 1. The van der Waals surface area contributed by atoms with Crippen LogP contribution in [0.25, 0.3) is 6.08 Å². The fraction of sp³-hybridized carbons (Fsp3) is 0.150. The van der Waals surface area contributed by atoms with Crippen LogP contribution in [-0.2, 0) is 9.59 Å². The van der Waals surface area contributed by atoms with Gasteiger partial charge in [0.15, 0.2) is 0 Å². The molecule has 3 rings (SSSR count). The van der Waals surface area contributed by atoms with Gasteiger partial charge in [-0.25, -0.2) is 0 Å². The van der Waals surface area contributed by atoms with Crippen molar-refractivity contribution in [1.29, 1.82) is 0 Å². The molecule has 1 saturated heterocycles. The number of hydrogen-bond acceptors (Lipinski definition) is 4. The highest BCUT2D eigenvalue weighted by Gasteiger charge is 2.31. The van der Waals surface area contributed by atoms with Crippen LogP contribution in [0.5, 0.6) is 0 Å². The van der Waals surface area contributed by atoms with E-state index in [2.05, 4.69) is 27.9 Å². The van der Waals surface area contributed by atoms with E-state index in [9.17, 15) is 9.59 Å². The van der Waals surface area contributed by atoms with Crippen molar-refractivity contribution >= 4 is 86.1 Å². The fourth-order valence-corrected chi connectivity index (χ4v) is 4.43. The van der Waals surface area contributed by atoms with E-state index in [-0.39, 0.29) is 11.8 Å². The van der Waals surface area contributed by atoms with Gasteiger partial charge in [0.05, 0.1) is 4.91 Å². The van der Waals surface area contributed by atoms with Gasteiger partial charge in [-0.05, 0) is 71.0 Å². The average Bonchev–Trinajstić information content (AvgIpc) is 2.93. The van der Waals surface area contributed by atoms with E-state index in [1.807, 2.05) is 42.5 Å². The molecule has 0 aliphatic carbocycles. The number of rotatable bonds is 6. The van der Waals surface area contributed by atoms with Crippen LogP contribution in [0, 0.1) is 3.57 Å². The normalized spacial score (nSPS) is 15.4. The molecule has 0 aromatic heterocycles. The van der Waals surface area contributed by atoms with E-state index in [4.69, 9.17) is 23.8 Å². The largest absolute Gasteiger partial charge is 0.326 e. The lowest BCUT2D eigenvalue weighted by Crippen LogP contribution is -2.29. The number of carbonyl (C=O) groups is 2. The maximum Gasteiger partial charge on any atom is 0.266 e. The van der Waals surface area contributed by atoms with Crippen LogP contribution in [0.15, 0.2) is 53.4 Å². The summed E-state index contributed by atoms with van der Waals surface area (Å²) in [4.78, 5) is 26.8. The molecule has 0 bridgehead atoms. The molecular formula is C20H16ClIN2O2S2. The van der Waals surface area contributed by atoms with Crippen molar-refractivity contribution in [3.8, 4) is 0 Å². The minimum Gasteiger partial charge on any atom is -0.326 e. The standard InChI is InChI=1S/C20H16ClIN2O2S2/c21-16-5-2-1-4-13(16)12-17-19(26)24(20(27)28-17)11-3-6-18(25)23-15-9-7-14(22)8-10-15/h1-2,4-5,7-10,12H,3,6,11H2,(H,23,25). The molecule has 1 heterocycles. The van der Waals surface area contributed by atoms with Crippen LogP contribution < -0.4 is 5.32 Å². The Kier molecular flexibility index (Phi) is 7.50. The third-order valence-electron chi connectivity index (χ3n) is 3.98. The Labute approximate surface area is 191 Å². The number of halogens is 2. The monoisotopic (exact) mass is 542 g/mol. The molecule has 0 unspecified atom stereocenters. The molecule has 8 heteroatoms. The molecule has 1 aliphatic rings. The van der Waals surface area contributed by atoms with Crippen LogP contribution >= 0.6 is 58.2 Å². The maximum absolute atomic E-state index is 12.6. The van der Waals surface area contributed by atoms with Crippen LogP contribution in [-0.4, -0.2) is 27.6 Å². The molecule has 2 aromatic carbocycles. The Balaban J connectivity index is 1.54. The van der Waals surface area contributed by atoms with Crippen LogP contribution in [0.4, 0.5) is 5.69 Å². The summed E-state index contributed by atoms with van der Waals surface area (Å²) in [6.07, 6.45) is 2.60. The Morgan fingerprint density at radius 2 is 1.93 bits per heavy atom. The first-order valence-electron chi connectivity index (χ1n) is 8.49. The van der Waals surface area contributed by atoms with Gasteiger partial charge in [-0.3, -0.25) is 14.5 Å². The molecule has 1 aliphatic heterocycles. The number of hydrogen-bond donors (Lipinski definition) is 1.